The van der Waals surface area contributed by atoms with E-state index in [-0.39, 0.29) is 13.2 Å². The van der Waals surface area contributed by atoms with Crippen LogP contribution < -0.4 is 23.7 Å². The van der Waals surface area contributed by atoms with Crippen molar-refractivity contribution in [2.45, 2.75) is 51.3 Å². The van der Waals surface area contributed by atoms with Crippen molar-refractivity contribution in [3.05, 3.63) is 221 Å². The van der Waals surface area contributed by atoms with Crippen LogP contribution in [0.5, 0.6) is 28.7 Å². The first-order chi connectivity index (χ1) is 28.2. The van der Waals surface area contributed by atoms with Crippen LogP contribution in [0.2, 0.25) is 0 Å². The molecule has 0 bridgehead atoms. The average molecular weight is 757 g/mol. The maximum absolute atomic E-state index is 12.4. The van der Waals surface area contributed by atoms with Crippen LogP contribution in [-0.2, 0) is 37.8 Å². The number of aliphatic hydroxyl groups is 1. The van der Waals surface area contributed by atoms with Gasteiger partial charge in [0.25, 0.3) is 0 Å². The highest BCUT2D eigenvalue weighted by Crippen LogP contribution is 2.50. The van der Waals surface area contributed by atoms with Crippen LogP contribution in [0, 0.1) is 0 Å². The van der Waals surface area contributed by atoms with Crippen molar-refractivity contribution in [2.24, 2.45) is 0 Å². The van der Waals surface area contributed by atoms with Gasteiger partial charge in [0.15, 0.2) is 17.6 Å². The number of rotatable bonds is 16. The molecule has 57 heavy (non-hydrogen) atoms. The minimum Gasteiger partial charge on any atom is -0.489 e. The van der Waals surface area contributed by atoms with Gasteiger partial charge in [0.1, 0.15) is 55.9 Å². The summed E-state index contributed by atoms with van der Waals surface area (Å²) >= 11 is 0. The van der Waals surface area contributed by atoms with Crippen LogP contribution in [0.15, 0.2) is 182 Å². The third-order valence-electron chi connectivity index (χ3n) is 9.78. The van der Waals surface area contributed by atoms with Gasteiger partial charge in [-0.15, -0.1) is 0 Å². The Labute approximate surface area is 333 Å². The Morgan fingerprint density at radius 1 is 0.421 bits per heavy atom. The first-order valence-corrected chi connectivity index (χ1v) is 19.2. The summed E-state index contributed by atoms with van der Waals surface area (Å²) in [5.74, 6) is 2.58. The predicted molar refractivity (Wildman–Crippen MR) is 219 cm³/mol. The molecule has 0 radical (unpaired) electrons. The van der Waals surface area contributed by atoms with Gasteiger partial charge in [-0.2, -0.15) is 0 Å². The zero-order chi connectivity index (χ0) is 38.7. The lowest BCUT2D eigenvalue weighted by Gasteiger charge is -2.38. The summed E-state index contributed by atoms with van der Waals surface area (Å²) in [5, 5.41) is 12.4. The second-order valence-electron chi connectivity index (χ2n) is 13.9. The van der Waals surface area contributed by atoms with Gasteiger partial charge >= 0.3 is 0 Å². The maximum Gasteiger partial charge on any atom is 0.162 e. The van der Waals surface area contributed by atoms with Crippen LogP contribution in [0.3, 0.4) is 0 Å². The normalized spacial score (nSPS) is 15.8. The first kappa shape index (κ1) is 37.4. The highest BCUT2D eigenvalue weighted by atomic mass is 16.6. The van der Waals surface area contributed by atoms with Crippen molar-refractivity contribution < 1.29 is 33.5 Å². The molecule has 1 unspecified atom stereocenters. The molecule has 7 nitrogen and oxygen atoms in total. The van der Waals surface area contributed by atoms with Gasteiger partial charge in [0.05, 0.1) is 12.2 Å². The minimum absolute atomic E-state index is 0.256. The third-order valence-corrected chi connectivity index (χ3v) is 9.78. The van der Waals surface area contributed by atoms with Crippen LogP contribution in [-0.4, -0.2) is 11.2 Å². The Balaban J connectivity index is 1.16. The summed E-state index contributed by atoms with van der Waals surface area (Å²) in [6.07, 6.45) is -2.70. The van der Waals surface area contributed by atoms with Gasteiger partial charge in [-0.3, -0.25) is 0 Å². The lowest BCUT2D eigenvalue weighted by Crippen LogP contribution is -2.37. The zero-order valence-corrected chi connectivity index (χ0v) is 31.5. The first-order valence-electron chi connectivity index (χ1n) is 19.2. The lowest BCUT2D eigenvalue weighted by atomic mass is 9.91. The highest BCUT2D eigenvalue weighted by Gasteiger charge is 2.42. The van der Waals surface area contributed by atoms with E-state index < -0.39 is 18.3 Å². The van der Waals surface area contributed by atoms with E-state index in [9.17, 15) is 5.11 Å². The molecule has 7 aromatic carbocycles. The molecule has 0 fully saturated rings. The monoisotopic (exact) mass is 756 g/mol. The molecule has 1 heterocycles. The van der Waals surface area contributed by atoms with Crippen LogP contribution in [0.25, 0.3) is 0 Å². The molecule has 1 aliphatic rings. The molecule has 0 amide bonds. The molecule has 0 saturated heterocycles. The molecular formula is C50H44O7. The molecular weight excluding hydrogens is 713 g/mol. The molecule has 0 aromatic heterocycles. The molecule has 0 aliphatic carbocycles. The van der Waals surface area contributed by atoms with Gasteiger partial charge in [0.2, 0.25) is 0 Å². The van der Waals surface area contributed by atoms with E-state index in [4.69, 9.17) is 28.4 Å². The molecule has 7 heteroatoms. The topological polar surface area (TPSA) is 75.6 Å². The number of ether oxygens (including phenoxy) is 6. The fraction of sp³-hybridized carbons (Fsp3) is 0.160. The Kier molecular flexibility index (Phi) is 12.1. The van der Waals surface area contributed by atoms with Gasteiger partial charge < -0.3 is 33.5 Å². The van der Waals surface area contributed by atoms with E-state index in [1.165, 1.54) is 0 Å². The Hall–Kier alpha value is -6.54. The van der Waals surface area contributed by atoms with Gasteiger partial charge in [-0.05, 0) is 45.5 Å². The second kappa shape index (κ2) is 18.4. The Morgan fingerprint density at radius 3 is 1.37 bits per heavy atom. The van der Waals surface area contributed by atoms with E-state index >= 15 is 0 Å². The fourth-order valence-corrected chi connectivity index (χ4v) is 6.79. The van der Waals surface area contributed by atoms with Crippen molar-refractivity contribution in [1.82, 2.24) is 0 Å². The molecule has 7 aromatic rings. The van der Waals surface area contributed by atoms with E-state index in [1.807, 2.05) is 182 Å². The molecule has 8 rings (SSSR count). The summed E-state index contributed by atoms with van der Waals surface area (Å²) < 4.78 is 39.1. The largest absolute Gasteiger partial charge is 0.489 e. The smallest absolute Gasteiger partial charge is 0.162 e. The summed E-state index contributed by atoms with van der Waals surface area (Å²) in [7, 11) is 0. The second-order valence-corrected chi connectivity index (χ2v) is 13.9. The zero-order valence-electron chi connectivity index (χ0n) is 31.5. The van der Waals surface area contributed by atoms with Crippen molar-refractivity contribution in [1.29, 1.82) is 0 Å². The average Bonchev–Trinajstić information content (AvgIpc) is 3.27. The van der Waals surface area contributed by atoms with Gasteiger partial charge in [0, 0.05) is 12.1 Å². The minimum atomic E-state index is -1.13. The number of fused-ring (bicyclic) bond motifs is 1. The number of hydrogen-bond donors (Lipinski definition) is 1. The number of aliphatic hydroxyl groups excluding tert-OH is 1. The molecule has 0 saturated carbocycles. The molecule has 3 atom stereocenters. The summed E-state index contributed by atoms with van der Waals surface area (Å²) in [6.45, 7) is 1.59. The van der Waals surface area contributed by atoms with E-state index in [0.717, 1.165) is 33.4 Å². The van der Waals surface area contributed by atoms with E-state index in [0.29, 0.717) is 54.1 Å². The molecule has 1 N–H and O–H groups in total. The van der Waals surface area contributed by atoms with Crippen LogP contribution in [0.1, 0.15) is 51.2 Å². The third kappa shape index (κ3) is 9.65. The quantitative estimate of drug-likeness (QED) is 0.105. The molecule has 0 spiro atoms. The number of hydrogen-bond acceptors (Lipinski definition) is 7. The highest BCUT2D eigenvalue weighted by molar-refractivity contribution is 5.55. The van der Waals surface area contributed by atoms with E-state index in [2.05, 4.69) is 0 Å². The molecule has 1 aliphatic heterocycles. The standard InChI is InChI=1S/C50H44O7/c51-48-47-45(55-34-39-22-12-4-13-23-39)29-42(52-31-36-16-6-1-7-17-36)30-46(47)57-49(50(48)56-35-40-24-14-5-15-25-40)41-26-27-43(53-32-37-18-8-2-9-19-37)44(28-41)54-33-38-20-10-3-11-21-38/h1-30,48-51H,31-35H2/t48?,49-,50+/m1/s1. The summed E-state index contributed by atoms with van der Waals surface area (Å²) in [6, 6.07) is 59.2. The SMILES string of the molecule is OC1c2c(OCc3ccccc3)cc(OCc3ccccc3)cc2O[C@H](c2ccc(OCc3ccccc3)c(OCc3ccccc3)c2)[C@H]1OCc1ccccc1. The summed E-state index contributed by atoms with van der Waals surface area (Å²) in [5.41, 5.74) is 6.27. The predicted octanol–water partition coefficient (Wildman–Crippen LogP) is 10.8. The van der Waals surface area contributed by atoms with Crippen molar-refractivity contribution in [2.75, 3.05) is 0 Å². The van der Waals surface area contributed by atoms with Crippen molar-refractivity contribution >= 4 is 0 Å². The van der Waals surface area contributed by atoms with Crippen molar-refractivity contribution in [3.63, 3.8) is 0 Å². The van der Waals surface area contributed by atoms with Crippen LogP contribution in [0.4, 0.5) is 0 Å². The maximum atomic E-state index is 12.4. The molecule has 286 valence electrons. The number of benzene rings is 7. The Bertz CT molecular complexity index is 2300. The van der Waals surface area contributed by atoms with E-state index in [1.54, 1.807) is 0 Å². The van der Waals surface area contributed by atoms with Crippen molar-refractivity contribution in [3.8, 4) is 28.7 Å². The van der Waals surface area contributed by atoms with Gasteiger partial charge in [-0.25, -0.2) is 0 Å². The Morgan fingerprint density at radius 2 is 0.860 bits per heavy atom. The lowest BCUT2D eigenvalue weighted by molar-refractivity contribution is -0.117. The van der Waals surface area contributed by atoms with Gasteiger partial charge in [-0.1, -0.05) is 158 Å². The fourth-order valence-electron chi connectivity index (χ4n) is 6.79. The van der Waals surface area contributed by atoms with Crippen LogP contribution >= 0.6 is 0 Å². The summed E-state index contributed by atoms with van der Waals surface area (Å²) in [4.78, 5) is 0.